The first kappa shape index (κ1) is 16.5. The lowest BCUT2D eigenvalue weighted by Crippen LogP contribution is -2.40. The standard InChI is InChI=1S/C13H19N5O3S/c1-4-18(11(2)9-21-3)22(19,20)13-7-5-6-12(8-13)17-10-14-15-16-17/h5-8,10-11H,4,9H2,1-3H3/t11-/m0/s1. The van der Waals surface area contributed by atoms with Crippen molar-refractivity contribution in [2.75, 3.05) is 20.3 Å². The Morgan fingerprint density at radius 3 is 2.77 bits per heavy atom. The Morgan fingerprint density at radius 1 is 1.41 bits per heavy atom. The molecule has 2 aromatic rings. The van der Waals surface area contributed by atoms with Gasteiger partial charge < -0.3 is 4.74 Å². The summed E-state index contributed by atoms with van der Waals surface area (Å²) in [5.74, 6) is 0. The van der Waals surface area contributed by atoms with Crippen LogP contribution < -0.4 is 0 Å². The van der Waals surface area contributed by atoms with Crippen molar-refractivity contribution in [3.63, 3.8) is 0 Å². The highest BCUT2D eigenvalue weighted by Gasteiger charge is 2.27. The molecule has 0 unspecified atom stereocenters. The molecule has 0 saturated heterocycles. The van der Waals surface area contributed by atoms with Crippen LogP contribution in [0.25, 0.3) is 5.69 Å². The molecular weight excluding hydrogens is 306 g/mol. The summed E-state index contributed by atoms with van der Waals surface area (Å²) in [5.41, 5.74) is 0.585. The highest BCUT2D eigenvalue weighted by Crippen LogP contribution is 2.20. The molecular formula is C13H19N5O3S. The zero-order valence-corrected chi connectivity index (χ0v) is 13.6. The number of likely N-dealkylation sites (N-methyl/N-ethyl adjacent to an activating group) is 1. The minimum Gasteiger partial charge on any atom is -0.383 e. The molecule has 0 saturated carbocycles. The molecule has 1 aromatic heterocycles. The van der Waals surface area contributed by atoms with Crippen molar-refractivity contribution in [3.05, 3.63) is 30.6 Å². The minimum absolute atomic E-state index is 0.199. The lowest BCUT2D eigenvalue weighted by molar-refractivity contribution is 0.142. The molecule has 120 valence electrons. The second-order valence-electron chi connectivity index (χ2n) is 4.76. The van der Waals surface area contributed by atoms with Crippen LogP contribution >= 0.6 is 0 Å². The van der Waals surface area contributed by atoms with E-state index in [1.165, 1.54) is 15.3 Å². The van der Waals surface area contributed by atoms with E-state index < -0.39 is 10.0 Å². The van der Waals surface area contributed by atoms with Crippen LogP contribution in [-0.2, 0) is 14.8 Å². The Hall–Kier alpha value is -1.84. The van der Waals surface area contributed by atoms with E-state index >= 15 is 0 Å². The molecule has 1 heterocycles. The van der Waals surface area contributed by atoms with Crippen molar-refractivity contribution >= 4 is 10.0 Å². The number of rotatable bonds is 7. The van der Waals surface area contributed by atoms with E-state index in [2.05, 4.69) is 15.5 Å². The first-order valence-corrected chi connectivity index (χ1v) is 8.29. The number of tetrazole rings is 1. The molecule has 1 atom stereocenters. The number of methoxy groups -OCH3 is 1. The third-order valence-electron chi connectivity index (χ3n) is 3.25. The summed E-state index contributed by atoms with van der Waals surface area (Å²) in [5, 5.41) is 10.9. The largest absolute Gasteiger partial charge is 0.383 e. The summed E-state index contributed by atoms with van der Waals surface area (Å²) < 4.78 is 33.5. The van der Waals surface area contributed by atoms with Crippen molar-refractivity contribution in [2.45, 2.75) is 24.8 Å². The smallest absolute Gasteiger partial charge is 0.243 e. The lowest BCUT2D eigenvalue weighted by atomic mass is 10.3. The Morgan fingerprint density at radius 2 is 2.18 bits per heavy atom. The summed E-state index contributed by atoms with van der Waals surface area (Å²) in [7, 11) is -2.06. The van der Waals surface area contributed by atoms with Gasteiger partial charge in [-0.25, -0.2) is 13.1 Å². The molecule has 0 amide bonds. The Bertz CT molecular complexity index is 702. The normalized spacial score (nSPS) is 13.5. The summed E-state index contributed by atoms with van der Waals surface area (Å²) >= 11 is 0. The summed E-state index contributed by atoms with van der Waals surface area (Å²) in [6.45, 7) is 4.31. The third kappa shape index (κ3) is 3.32. The fraction of sp³-hybridized carbons (Fsp3) is 0.462. The van der Waals surface area contributed by atoms with E-state index in [-0.39, 0.29) is 10.9 Å². The van der Waals surface area contributed by atoms with Gasteiger partial charge in [0, 0.05) is 19.7 Å². The molecule has 8 nitrogen and oxygen atoms in total. The van der Waals surface area contributed by atoms with Crippen molar-refractivity contribution in [2.24, 2.45) is 0 Å². The summed E-state index contributed by atoms with van der Waals surface area (Å²) in [6.07, 6.45) is 1.41. The molecule has 22 heavy (non-hydrogen) atoms. The van der Waals surface area contributed by atoms with Crippen LogP contribution in [0.1, 0.15) is 13.8 Å². The molecule has 0 radical (unpaired) electrons. The number of hydrogen-bond donors (Lipinski definition) is 0. The predicted molar refractivity (Wildman–Crippen MR) is 80.1 cm³/mol. The molecule has 0 aliphatic rings. The number of nitrogens with zero attached hydrogens (tertiary/aromatic N) is 5. The van der Waals surface area contributed by atoms with Gasteiger partial charge >= 0.3 is 0 Å². The molecule has 0 spiro atoms. The number of sulfonamides is 1. The molecule has 1 aromatic carbocycles. The van der Waals surface area contributed by atoms with Crippen LogP contribution in [0.2, 0.25) is 0 Å². The molecule has 0 bridgehead atoms. The number of benzene rings is 1. The molecule has 0 aliphatic heterocycles. The van der Waals surface area contributed by atoms with Crippen molar-refractivity contribution in [1.29, 1.82) is 0 Å². The lowest BCUT2D eigenvalue weighted by Gasteiger charge is -2.26. The van der Waals surface area contributed by atoms with E-state index in [0.29, 0.717) is 18.8 Å². The van der Waals surface area contributed by atoms with Crippen LogP contribution in [0.5, 0.6) is 0 Å². The fourth-order valence-corrected chi connectivity index (χ4v) is 3.91. The fourth-order valence-electron chi connectivity index (χ4n) is 2.24. The van der Waals surface area contributed by atoms with Crippen LogP contribution in [-0.4, -0.2) is 59.2 Å². The molecule has 0 aliphatic carbocycles. The first-order valence-electron chi connectivity index (χ1n) is 6.85. The van der Waals surface area contributed by atoms with E-state index in [0.717, 1.165) is 0 Å². The highest BCUT2D eigenvalue weighted by molar-refractivity contribution is 7.89. The Labute approximate surface area is 129 Å². The van der Waals surface area contributed by atoms with Crippen LogP contribution in [0.4, 0.5) is 0 Å². The van der Waals surface area contributed by atoms with Crippen molar-refractivity contribution in [1.82, 2.24) is 24.5 Å². The maximum atomic E-state index is 12.8. The van der Waals surface area contributed by atoms with E-state index in [1.54, 1.807) is 38.3 Å². The second-order valence-corrected chi connectivity index (χ2v) is 6.66. The first-order chi connectivity index (χ1) is 10.5. The SMILES string of the molecule is CCN([C@@H](C)COC)S(=O)(=O)c1cccc(-n2cnnn2)c1. The summed E-state index contributed by atoms with van der Waals surface area (Å²) in [6, 6.07) is 6.26. The van der Waals surface area contributed by atoms with Gasteiger partial charge in [0.05, 0.1) is 17.2 Å². The Balaban J connectivity index is 2.38. The molecule has 2 rings (SSSR count). The zero-order chi connectivity index (χ0) is 16.2. The zero-order valence-electron chi connectivity index (χ0n) is 12.7. The average molecular weight is 325 g/mol. The van der Waals surface area contributed by atoms with Gasteiger partial charge in [-0.2, -0.15) is 4.31 Å². The van der Waals surface area contributed by atoms with Gasteiger partial charge in [0.15, 0.2) is 0 Å². The van der Waals surface area contributed by atoms with Gasteiger partial charge in [-0.1, -0.05) is 13.0 Å². The van der Waals surface area contributed by atoms with Gasteiger partial charge in [0.2, 0.25) is 10.0 Å². The predicted octanol–water partition coefficient (Wildman–Crippen LogP) is 0.708. The monoisotopic (exact) mass is 325 g/mol. The van der Waals surface area contributed by atoms with Crippen LogP contribution in [0, 0.1) is 0 Å². The molecule has 0 N–H and O–H groups in total. The quantitative estimate of drug-likeness (QED) is 0.744. The average Bonchev–Trinajstić information content (AvgIpc) is 3.02. The topological polar surface area (TPSA) is 90.2 Å². The molecule has 0 fully saturated rings. The van der Waals surface area contributed by atoms with Crippen molar-refractivity contribution in [3.8, 4) is 5.69 Å². The summed E-state index contributed by atoms with van der Waals surface area (Å²) in [4.78, 5) is 0.199. The Kier molecular flexibility index (Phi) is 5.22. The third-order valence-corrected chi connectivity index (χ3v) is 5.33. The maximum absolute atomic E-state index is 12.8. The van der Waals surface area contributed by atoms with Gasteiger partial charge in [-0.15, -0.1) is 5.10 Å². The number of aromatic nitrogens is 4. The highest BCUT2D eigenvalue weighted by atomic mass is 32.2. The number of hydrogen-bond acceptors (Lipinski definition) is 6. The van der Waals surface area contributed by atoms with Crippen molar-refractivity contribution < 1.29 is 13.2 Å². The van der Waals surface area contributed by atoms with Gasteiger partial charge in [-0.05, 0) is 35.5 Å². The van der Waals surface area contributed by atoms with Gasteiger partial charge in [0.1, 0.15) is 6.33 Å². The van der Waals surface area contributed by atoms with Crippen LogP contribution in [0.15, 0.2) is 35.5 Å². The maximum Gasteiger partial charge on any atom is 0.243 e. The molecule has 9 heteroatoms. The van der Waals surface area contributed by atoms with E-state index in [1.807, 2.05) is 6.92 Å². The van der Waals surface area contributed by atoms with E-state index in [9.17, 15) is 8.42 Å². The van der Waals surface area contributed by atoms with Gasteiger partial charge in [0.25, 0.3) is 0 Å². The minimum atomic E-state index is -3.61. The van der Waals surface area contributed by atoms with E-state index in [4.69, 9.17) is 4.74 Å². The number of ether oxygens (including phenoxy) is 1. The van der Waals surface area contributed by atoms with Gasteiger partial charge in [-0.3, -0.25) is 0 Å². The van der Waals surface area contributed by atoms with Crippen LogP contribution in [0.3, 0.4) is 0 Å². The second kappa shape index (κ2) is 6.95.